The molecule has 0 spiro atoms. The summed E-state index contributed by atoms with van der Waals surface area (Å²) in [5.74, 6) is -1.04. The van der Waals surface area contributed by atoms with Crippen LogP contribution in [0.5, 0.6) is 11.8 Å². The van der Waals surface area contributed by atoms with Crippen LogP contribution < -0.4 is 20.5 Å². The molecule has 1 saturated carbocycles. The topological polar surface area (TPSA) is 105 Å². The summed E-state index contributed by atoms with van der Waals surface area (Å²) >= 11 is 0. The lowest BCUT2D eigenvalue weighted by molar-refractivity contribution is -0.142. The van der Waals surface area contributed by atoms with E-state index in [1.807, 2.05) is 4.90 Å². The number of piperazine rings is 1. The van der Waals surface area contributed by atoms with Gasteiger partial charge in [0.2, 0.25) is 0 Å². The number of alkyl halides is 3. The van der Waals surface area contributed by atoms with Gasteiger partial charge < -0.3 is 24.8 Å². The number of phenolic OH excluding ortho intramolecular Hbond substituents is 1. The molecule has 3 saturated heterocycles. The number of hydrogen-bond acceptors (Lipinski definition) is 9. The fourth-order valence-electron chi connectivity index (χ4n) is 7.64. The first-order chi connectivity index (χ1) is 24.3. The molecule has 2 aromatic heterocycles. The Morgan fingerprint density at radius 3 is 2.53 bits per heavy atom. The Bertz CT molecular complexity index is 2070. The molecular weight excluding hydrogens is 644 g/mol. The molecule has 1 aliphatic carbocycles. The number of benzene rings is 2. The van der Waals surface area contributed by atoms with E-state index in [4.69, 9.17) is 12.2 Å². The zero-order chi connectivity index (χ0) is 35.9. The Hall–Kier alpha value is -4.01. The van der Waals surface area contributed by atoms with Crippen LogP contribution in [0.25, 0.3) is 27.4 Å². The first-order valence-corrected chi connectivity index (χ1v) is 16.8. The molecule has 2 atom stereocenters. The molecule has 10 nitrogen and oxygen atoms in total. The smallest absolute Gasteiger partial charge is 0.431 e. The van der Waals surface area contributed by atoms with Crippen molar-refractivity contribution in [3.05, 3.63) is 57.8 Å². The average molecular weight is 685 g/mol. The van der Waals surface area contributed by atoms with Crippen molar-refractivity contribution in [3.8, 4) is 17.4 Å². The molecule has 2 bridgehead atoms. The molecular formula is C35H38F4N6O4. The van der Waals surface area contributed by atoms with E-state index in [0.29, 0.717) is 63.3 Å². The van der Waals surface area contributed by atoms with Gasteiger partial charge in [0.25, 0.3) is 5.56 Å². The van der Waals surface area contributed by atoms with Crippen LogP contribution >= 0.6 is 0 Å². The highest BCUT2D eigenvalue weighted by Crippen LogP contribution is 2.47. The van der Waals surface area contributed by atoms with Gasteiger partial charge in [-0.2, -0.15) is 23.1 Å². The maximum Gasteiger partial charge on any atom is 0.431 e. The highest BCUT2D eigenvalue weighted by molar-refractivity contribution is 5.96. The average Bonchev–Trinajstić information content (AvgIpc) is 3.80. The predicted octanol–water partition coefficient (Wildman–Crippen LogP) is 4.79. The van der Waals surface area contributed by atoms with Crippen LogP contribution in [-0.2, 0) is 17.3 Å². The van der Waals surface area contributed by atoms with E-state index in [-0.39, 0.29) is 51.7 Å². The maximum atomic E-state index is 15.1. The Morgan fingerprint density at radius 2 is 1.86 bits per heavy atom. The normalized spacial score (nSPS) is 23.2. The second-order valence-electron chi connectivity index (χ2n) is 13.6. The number of aromatic hydroxyl groups is 1. The van der Waals surface area contributed by atoms with E-state index in [2.05, 4.69) is 20.2 Å². The highest BCUT2D eigenvalue weighted by Gasteiger charge is 2.45. The number of nitrogens with one attached hydrogen (secondary N) is 1. The highest BCUT2D eigenvalue weighted by atomic mass is 19.4. The van der Waals surface area contributed by atoms with Gasteiger partial charge in [0, 0.05) is 61.7 Å². The van der Waals surface area contributed by atoms with Crippen LogP contribution in [0.1, 0.15) is 46.6 Å². The second kappa shape index (κ2) is 12.1. The van der Waals surface area contributed by atoms with Crippen LogP contribution in [-0.4, -0.2) is 89.1 Å². The third kappa shape index (κ3) is 5.97. The van der Waals surface area contributed by atoms with E-state index < -0.39 is 52.5 Å². The number of pyridine rings is 1. The van der Waals surface area contributed by atoms with Gasteiger partial charge in [-0.1, -0.05) is 13.0 Å². The number of hydrogen-bond donors (Lipinski definition) is 2. The molecule has 0 amide bonds. The molecule has 0 radical (unpaired) electrons. The van der Waals surface area contributed by atoms with Gasteiger partial charge in [-0.3, -0.25) is 14.3 Å². The number of halogens is 4. The monoisotopic (exact) mass is 684 g/mol. The third-order valence-corrected chi connectivity index (χ3v) is 10.2. The zero-order valence-corrected chi connectivity index (χ0v) is 26.9. The summed E-state index contributed by atoms with van der Waals surface area (Å²) in [6.45, 7) is 2.95. The van der Waals surface area contributed by atoms with Gasteiger partial charge in [0.15, 0.2) is 0 Å². The van der Waals surface area contributed by atoms with E-state index >= 15 is 17.6 Å². The van der Waals surface area contributed by atoms with Gasteiger partial charge in [0.05, 0.1) is 33.6 Å². The Balaban J connectivity index is 1.34. The number of nitrogens with zero attached hydrogens (tertiary/aromatic N) is 5. The number of fused-ring (bicyclic) bond motifs is 4. The Morgan fingerprint density at radius 1 is 1.12 bits per heavy atom. The first kappa shape index (κ1) is 29.9. The number of aromatic nitrogens is 3. The standard InChI is InChI=1S/C35H38F4N6O4/c1-2-24-26(36)6-3-20-13-23(46)14-27(29(20)24)45-28(35(37,38)39)15-25-30(32(45)47)41-33(42-31(25)44-16-21-4-5-22(17-44)40-21)49-19-34(7-8-34)18-43-9-11-48-12-10-43/h3,6,13-15,21-22,40,46H,2,4-5,7-12,16-19H2,1H3/t21-,22+/i19D2. The number of morpholine rings is 1. The van der Waals surface area contributed by atoms with Crippen LogP contribution in [0.15, 0.2) is 35.1 Å². The third-order valence-electron chi connectivity index (χ3n) is 10.2. The molecule has 49 heavy (non-hydrogen) atoms. The number of phenols is 1. The van der Waals surface area contributed by atoms with Gasteiger partial charge >= 0.3 is 12.2 Å². The van der Waals surface area contributed by atoms with Crippen molar-refractivity contribution in [1.82, 2.24) is 24.8 Å². The molecule has 3 aliphatic heterocycles. The molecule has 4 fully saturated rings. The molecule has 4 aromatic rings. The van der Waals surface area contributed by atoms with E-state index in [1.165, 1.54) is 18.2 Å². The van der Waals surface area contributed by atoms with Crippen molar-refractivity contribution in [2.45, 2.75) is 57.3 Å². The summed E-state index contributed by atoms with van der Waals surface area (Å²) in [7, 11) is 0. The quantitative estimate of drug-likeness (QED) is 0.254. The van der Waals surface area contributed by atoms with Crippen LogP contribution in [0.3, 0.4) is 0 Å². The number of anilines is 1. The summed E-state index contributed by atoms with van der Waals surface area (Å²) in [6.07, 6.45) is -2.16. The predicted molar refractivity (Wildman–Crippen MR) is 175 cm³/mol. The van der Waals surface area contributed by atoms with Crippen molar-refractivity contribution in [3.63, 3.8) is 0 Å². The largest absolute Gasteiger partial charge is 0.508 e. The Labute approximate surface area is 282 Å². The molecule has 2 aromatic carbocycles. The maximum absolute atomic E-state index is 15.1. The van der Waals surface area contributed by atoms with Crippen LogP contribution in [0, 0.1) is 11.2 Å². The van der Waals surface area contributed by atoms with Crippen molar-refractivity contribution in [2.24, 2.45) is 5.41 Å². The minimum Gasteiger partial charge on any atom is -0.508 e. The molecule has 0 unspecified atom stereocenters. The lowest BCUT2D eigenvalue weighted by Crippen LogP contribution is -2.51. The first-order valence-electron chi connectivity index (χ1n) is 17.8. The van der Waals surface area contributed by atoms with Gasteiger partial charge in [-0.05, 0) is 61.3 Å². The van der Waals surface area contributed by atoms with E-state index in [0.717, 1.165) is 25.0 Å². The fourth-order valence-corrected chi connectivity index (χ4v) is 7.64. The molecule has 8 rings (SSSR count). The molecule has 14 heteroatoms. The molecule has 260 valence electrons. The molecule has 4 aliphatic rings. The summed E-state index contributed by atoms with van der Waals surface area (Å²) < 4.78 is 90.4. The SMILES string of the molecule is [2H]C([2H])(Oc1nc(N2C[C@H]3CC[C@@H](C2)N3)c2cc(C(F)(F)F)n(-c3cc(O)cc4ccc(F)c(CC)c34)c(=O)c2n1)C1(CN2CCOCC2)CC1. The van der Waals surface area contributed by atoms with E-state index in [1.54, 1.807) is 6.92 Å². The van der Waals surface area contributed by atoms with Crippen molar-refractivity contribution in [2.75, 3.05) is 57.4 Å². The lowest BCUT2D eigenvalue weighted by atomic mass is 9.99. The summed E-state index contributed by atoms with van der Waals surface area (Å²) in [4.78, 5) is 27.4. The fraction of sp³-hybridized carbons (Fsp3) is 0.514. The summed E-state index contributed by atoms with van der Waals surface area (Å²) in [5.41, 5.74) is -4.13. The van der Waals surface area contributed by atoms with Crippen LogP contribution in [0.4, 0.5) is 23.4 Å². The molecule has 5 heterocycles. The number of rotatable bonds is 8. The van der Waals surface area contributed by atoms with Crippen molar-refractivity contribution < 1.29 is 34.9 Å². The summed E-state index contributed by atoms with van der Waals surface area (Å²) in [6, 6.07) is 5.27. The van der Waals surface area contributed by atoms with Gasteiger partial charge in [0.1, 0.15) is 28.6 Å². The zero-order valence-electron chi connectivity index (χ0n) is 28.9. The Kier molecular flexibility index (Phi) is 7.37. The van der Waals surface area contributed by atoms with Crippen molar-refractivity contribution in [1.29, 1.82) is 0 Å². The van der Waals surface area contributed by atoms with E-state index in [9.17, 15) is 9.90 Å². The number of ether oxygens (including phenoxy) is 2. The van der Waals surface area contributed by atoms with Crippen molar-refractivity contribution >= 4 is 27.5 Å². The summed E-state index contributed by atoms with van der Waals surface area (Å²) in [5, 5.41) is 14.2. The van der Waals surface area contributed by atoms with Crippen LogP contribution in [0.2, 0.25) is 0 Å². The van der Waals surface area contributed by atoms with Gasteiger partial charge in [-0.15, -0.1) is 0 Å². The minimum atomic E-state index is -5.07. The second-order valence-corrected chi connectivity index (χ2v) is 13.6. The number of aryl methyl sites for hydroxylation is 1. The lowest BCUT2D eigenvalue weighted by Gasteiger charge is -2.34. The minimum absolute atomic E-state index is 0.0398. The molecule has 2 N–H and O–H groups in total. The van der Waals surface area contributed by atoms with Gasteiger partial charge in [-0.25, -0.2) is 4.39 Å².